The number of hydrogen-bond acceptors (Lipinski definition) is 7. The van der Waals surface area contributed by atoms with E-state index in [1.807, 2.05) is 32.9 Å². The third-order valence-corrected chi connectivity index (χ3v) is 7.79. The number of carbonyl (C=O) groups excluding carboxylic acids is 1. The summed E-state index contributed by atoms with van der Waals surface area (Å²) in [5.41, 5.74) is 2.89. The molecular formula is C27H28BrN3O5S. The summed E-state index contributed by atoms with van der Waals surface area (Å²) in [6.45, 7) is 6.01. The molecule has 0 saturated heterocycles. The predicted octanol–water partition coefficient (Wildman–Crippen LogP) is 5.94. The predicted molar refractivity (Wildman–Crippen MR) is 149 cm³/mol. The maximum Gasteiger partial charge on any atom is 0.262 e. The highest BCUT2D eigenvalue weighted by Gasteiger charge is 2.24. The van der Waals surface area contributed by atoms with Crippen LogP contribution in [0.3, 0.4) is 0 Å². The lowest BCUT2D eigenvalue weighted by molar-refractivity contribution is -0.115. The fourth-order valence-corrected chi connectivity index (χ4v) is 5.78. The average Bonchev–Trinajstić information content (AvgIpc) is 3.39. The van der Waals surface area contributed by atoms with Crippen molar-refractivity contribution in [2.45, 2.75) is 44.1 Å². The van der Waals surface area contributed by atoms with Crippen LogP contribution in [0.2, 0.25) is 0 Å². The molecular weight excluding hydrogens is 558 g/mol. The number of carbonyl (C=O) groups is 1. The van der Waals surface area contributed by atoms with Gasteiger partial charge in [-0.05, 0) is 61.7 Å². The number of nitrogens with zero attached hydrogens (tertiary/aromatic N) is 2. The van der Waals surface area contributed by atoms with Crippen LogP contribution in [-0.4, -0.2) is 34.9 Å². The first kappa shape index (κ1) is 26.8. The van der Waals surface area contributed by atoms with Crippen molar-refractivity contribution in [2.24, 2.45) is 0 Å². The van der Waals surface area contributed by atoms with E-state index in [0.717, 1.165) is 21.3 Å². The minimum atomic E-state index is -0.491. The minimum Gasteiger partial charge on any atom is -0.493 e. The SMILES string of the molecule is CCC(Sc1nc2cc(OC)c(OC)cc2c(=O)n1Cc1ccco1)C(=O)Nc1c(C)cc(Br)cc1C. The monoisotopic (exact) mass is 585 g/mol. The topological polar surface area (TPSA) is 95.6 Å². The van der Waals surface area contributed by atoms with Crippen LogP contribution in [0.1, 0.15) is 30.2 Å². The first-order valence-corrected chi connectivity index (χ1v) is 13.4. The molecule has 2 heterocycles. The molecule has 0 spiro atoms. The van der Waals surface area contributed by atoms with Crippen LogP contribution in [0.15, 0.2) is 61.5 Å². The first-order valence-electron chi connectivity index (χ1n) is 11.7. The van der Waals surface area contributed by atoms with Crippen LogP contribution in [0.4, 0.5) is 5.69 Å². The highest BCUT2D eigenvalue weighted by molar-refractivity contribution is 9.10. The Morgan fingerprint density at radius 2 is 1.84 bits per heavy atom. The lowest BCUT2D eigenvalue weighted by Gasteiger charge is -2.19. The standard InChI is InChI=1S/C27H28BrN3O5S/c1-6-23(25(32)30-24-15(2)10-17(28)11-16(24)3)37-27-29-20-13-22(35-5)21(34-4)12-19(20)26(33)31(27)14-18-8-7-9-36-18/h7-13,23H,6,14H2,1-5H3,(H,30,32). The van der Waals surface area contributed by atoms with Gasteiger partial charge in [0.25, 0.3) is 5.56 Å². The Morgan fingerprint density at radius 1 is 1.16 bits per heavy atom. The molecule has 0 saturated carbocycles. The number of anilines is 1. The molecule has 1 unspecified atom stereocenters. The number of rotatable bonds is 9. The van der Waals surface area contributed by atoms with Crippen LogP contribution in [0, 0.1) is 13.8 Å². The van der Waals surface area contributed by atoms with Gasteiger partial charge in [-0.15, -0.1) is 0 Å². The largest absolute Gasteiger partial charge is 0.493 e. The molecule has 0 radical (unpaired) electrons. The Balaban J connectivity index is 1.76. The van der Waals surface area contributed by atoms with Gasteiger partial charge in [-0.3, -0.25) is 14.2 Å². The molecule has 2 aromatic heterocycles. The van der Waals surface area contributed by atoms with E-state index in [-0.39, 0.29) is 18.0 Å². The molecule has 10 heteroatoms. The highest BCUT2D eigenvalue weighted by Crippen LogP contribution is 2.33. The van der Waals surface area contributed by atoms with Crippen LogP contribution in [-0.2, 0) is 11.3 Å². The number of furan rings is 1. The molecule has 1 amide bonds. The van der Waals surface area contributed by atoms with E-state index in [2.05, 4.69) is 21.2 Å². The molecule has 0 aliphatic carbocycles. The smallest absolute Gasteiger partial charge is 0.262 e. The Morgan fingerprint density at radius 3 is 2.43 bits per heavy atom. The quantitative estimate of drug-likeness (QED) is 0.192. The molecule has 0 bridgehead atoms. The van der Waals surface area contributed by atoms with Crippen molar-refractivity contribution < 1.29 is 18.7 Å². The van der Waals surface area contributed by atoms with Gasteiger partial charge in [0.1, 0.15) is 5.76 Å². The van der Waals surface area contributed by atoms with E-state index in [9.17, 15) is 9.59 Å². The van der Waals surface area contributed by atoms with Gasteiger partial charge in [0.15, 0.2) is 16.7 Å². The van der Waals surface area contributed by atoms with Crippen LogP contribution in [0.5, 0.6) is 11.5 Å². The number of methoxy groups -OCH3 is 2. The van der Waals surface area contributed by atoms with Gasteiger partial charge < -0.3 is 19.2 Å². The van der Waals surface area contributed by atoms with Crippen LogP contribution < -0.4 is 20.3 Å². The maximum atomic E-state index is 13.7. The number of ether oxygens (including phenoxy) is 2. The highest BCUT2D eigenvalue weighted by atomic mass is 79.9. The van der Waals surface area contributed by atoms with Crippen LogP contribution in [0.25, 0.3) is 10.9 Å². The Hall–Kier alpha value is -3.24. The van der Waals surface area contributed by atoms with E-state index in [1.165, 1.54) is 30.5 Å². The molecule has 0 aliphatic heterocycles. The Bertz CT molecular complexity index is 1480. The van der Waals surface area contributed by atoms with Crippen molar-refractivity contribution in [1.29, 1.82) is 0 Å². The van der Waals surface area contributed by atoms with Crippen molar-refractivity contribution in [1.82, 2.24) is 9.55 Å². The molecule has 4 rings (SSSR count). The average molecular weight is 587 g/mol. The van der Waals surface area contributed by atoms with Crippen molar-refractivity contribution in [3.8, 4) is 11.5 Å². The second kappa shape index (κ2) is 11.4. The van der Waals surface area contributed by atoms with Gasteiger partial charge >= 0.3 is 0 Å². The molecule has 8 nitrogen and oxygen atoms in total. The number of thioether (sulfide) groups is 1. The van der Waals surface area contributed by atoms with Gasteiger partial charge in [-0.1, -0.05) is 34.6 Å². The van der Waals surface area contributed by atoms with E-state index in [1.54, 1.807) is 30.5 Å². The van der Waals surface area contributed by atoms with E-state index in [4.69, 9.17) is 18.9 Å². The summed E-state index contributed by atoms with van der Waals surface area (Å²) in [7, 11) is 3.04. The molecule has 37 heavy (non-hydrogen) atoms. The summed E-state index contributed by atoms with van der Waals surface area (Å²) in [4.78, 5) is 31.8. The molecule has 4 aromatic rings. The maximum absolute atomic E-state index is 13.7. The zero-order valence-corrected chi connectivity index (χ0v) is 23.7. The zero-order chi connectivity index (χ0) is 26.7. The normalized spacial score (nSPS) is 11.9. The molecule has 1 atom stereocenters. The number of fused-ring (bicyclic) bond motifs is 1. The molecule has 194 valence electrons. The Labute approximate surface area is 227 Å². The first-order chi connectivity index (χ1) is 17.7. The fourth-order valence-electron chi connectivity index (χ4n) is 4.08. The van der Waals surface area contributed by atoms with Gasteiger partial charge in [0, 0.05) is 16.2 Å². The molecule has 1 N–H and O–H groups in total. The molecule has 0 fully saturated rings. The van der Waals surface area contributed by atoms with Crippen molar-refractivity contribution in [2.75, 3.05) is 19.5 Å². The summed E-state index contributed by atoms with van der Waals surface area (Å²) in [5.74, 6) is 1.34. The number of aryl methyl sites for hydroxylation is 2. The summed E-state index contributed by atoms with van der Waals surface area (Å²) in [6.07, 6.45) is 2.09. The van der Waals surface area contributed by atoms with Crippen LogP contribution >= 0.6 is 27.7 Å². The number of benzene rings is 2. The van der Waals surface area contributed by atoms with Gasteiger partial charge in [0.05, 0.1) is 43.2 Å². The summed E-state index contributed by atoms with van der Waals surface area (Å²) in [6, 6.07) is 10.8. The van der Waals surface area contributed by atoms with E-state index < -0.39 is 5.25 Å². The minimum absolute atomic E-state index is 0.160. The fraction of sp³-hybridized carbons (Fsp3) is 0.296. The number of aromatic nitrogens is 2. The van der Waals surface area contributed by atoms with Crippen molar-refractivity contribution >= 4 is 50.2 Å². The van der Waals surface area contributed by atoms with Gasteiger partial charge in [-0.2, -0.15) is 0 Å². The second-order valence-corrected chi connectivity index (χ2v) is 10.6. The third-order valence-electron chi connectivity index (χ3n) is 5.98. The van der Waals surface area contributed by atoms with Gasteiger partial charge in [0.2, 0.25) is 5.91 Å². The number of nitrogens with one attached hydrogen (secondary N) is 1. The van der Waals surface area contributed by atoms with Crippen molar-refractivity contribution in [3.05, 3.63) is 74.4 Å². The van der Waals surface area contributed by atoms with E-state index >= 15 is 0 Å². The second-order valence-electron chi connectivity index (χ2n) is 8.51. The number of hydrogen-bond donors (Lipinski definition) is 1. The number of halogens is 1. The lowest BCUT2D eigenvalue weighted by Crippen LogP contribution is -2.29. The lowest BCUT2D eigenvalue weighted by atomic mass is 10.1. The Kier molecular flexibility index (Phi) is 8.29. The van der Waals surface area contributed by atoms with Gasteiger partial charge in [-0.25, -0.2) is 4.98 Å². The van der Waals surface area contributed by atoms with Crippen molar-refractivity contribution in [3.63, 3.8) is 0 Å². The summed E-state index contributed by atoms with van der Waals surface area (Å²) in [5, 5.41) is 3.38. The zero-order valence-electron chi connectivity index (χ0n) is 21.3. The molecule has 2 aromatic carbocycles. The molecule has 0 aliphatic rings. The summed E-state index contributed by atoms with van der Waals surface area (Å²) < 4.78 is 18.8. The summed E-state index contributed by atoms with van der Waals surface area (Å²) >= 11 is 4.74. The number of amides is 1. The third kappa shape index (κ3) is 5.70. The van der Waals surface area contributed by atoms with E-state index in [0.29, 0.717) is 39.7 Å².